The molecule has 27 heavy (non-hydrogen) atoms. The molecule has 152 valence electrons. The number of benzene rings is 1. The maximum atomic E-state index is 3.70. The summed E-state index contributed by atoms with van der Waals surface area (Å²) in [6.45, 7) is 13.2. The fourth-order valence-corrected chi connectivity index (χ4v) is 5.86. The van der Waals surface area contributed by atoms with Crippen molar-refractivity contribution in [2.45, 2.75) is 91.5 Å². The van der Waals surface area contributed by atoms with Crippen LogP contribution in [0.2, 0.25) is 0 Å². The van der Waals surface area contributed by atoms with E-state index in [1.807, 2.05) is 0 Å². The van der Waals surface area contributed by atoms with Gasteiger partial charge in [0.2, 0.25) is 0 Å². The lowest BCUT2D eigenvalue weighted by atomic mass is 9.59. The first-order valence-electron chi connectivity index (χ1n) is 10.8. The van der Waals surface area contributed by atoms with Crippen LogP contribution >= 0.6 is 12.4 Å². The van der Waals surface area contributed by atoms with Crippen molar-refractivity contribution in [1.82, 2.24) is 5.32 Å². The lowest BCUT2D eigenvalue weighted by Crippen LogP contribution is -2.34. The minimum Gasteiger partial charge on any atom is -0.310 e. The molecule has 0 radical (unpaired) electrons. The van der Waals surface area contributed by atoms with Crippen LogP contribution in [0.1, 0.15) is 96.6 Å². The van der Waals surface area contributed by atoms with Crippen molar-refractivity contribution in [2.24, 2.45) is 10.8 Å². The number of hydrogen-bond donors (Lipinski definition) is 1. The standard InChI is InChI=1S/C25H39N.ClH/c1-6-7-10-21-15-19(13-14-26-21)22-11-8-9-12-23(22)20-16-24(2,3)18-25(4,5)17-20;/h8-9,11-13,20-21,26H,6-7,10,14-18H2,1-5H3;1H. The lowest BCUT2D eigenvalue weighted by Gasteiger charge is -2.45. The molecule has 1 fully saturated rings. The van der Waals surface area contributed by atoms with E-state index < -0.39 is 0 Å². The Morgan fingerprint density at radius 3 is 2.37 bits per heavy atom. The molecule has 1 aromatic rings. The Hall–Kier alpha value is -0.790. The SMILES string of the molecule is CCCCC1CC(c2ccccc2C2CC(C)(C)CC(C)(C)C2)=CCN1.Cl. The predicted octanol–water partition coefficient (Wildman–Crippen LogP) is 7.36. The van der Waals surface area contributed by atoms with E-state index in [2.05, 4.69) is 70.3 Å². The average Bonchev–Trinajstić information content (AvgIpc) is 2.57. The smallest absolute Gasteiger partial charge is 0.0143 e. The zero-order valence-corrected chi connectivity index (χ0v) is 18.9. The normalized spacial score (nSPS) is 24.8. The zero-order chi connectivity index (χ0) is 18.8. The van der Waals surface area contributed by atoms with Crippen molar-refractivity contribution < 1.29 is 0 Å². The summed E-state index contributed by atoms with van der Waals surface area (Å²) in [6, 6.07) is 9.95. The van der Waals surface area contributed by atoms with Gasteiger partial charge in [0, 0.05) is 12.6 Å². The molecule has 1 aliphatic carbocycles. The summed E-state index contributed by atoms with van der Waals surface area (Å²) in [5.74, 6) is 0.690. The van der Waals surface area contributed by atoms with Gasteiger partial charge in [0.15, 0.2) is 0 Å². The molecule has 0 spiro atoms. The van der Waals surface area contributed by atoms with Crippen LogP contribution in [-0.2, 0) is 0 Å². The van der Waals surface area contributed by atoms with Crippen LogP contribution in [0.15, 0.2) is 30.3 Å². The Labute approximate surface area is 173 Å². The van der Waals surface area contributed by atoms with Crippen molar-refractivity contribution in [3.05, 3.63) is 41.5 Å². The first kappa shape index (κ1) is 22.5. The fraction of sp³-hybridized carbons (Fsp3) is 0.680. The van der Waals surface area contributed by atoms with E-state index in [1.165, 1.54) is 50.5 Å². The van der Waals surface area contributed by atoms with E-state index in [0.29, 0.717) is 22.8 Å². The molecule has 2 heteroatoms. The van der Waals surface area contributed by atoms with Gasteiger partial charge in [-0.1, -0.05) is 77.8 Å². The topological polar surface area (TPSA) is 12.0 Å². The summed E-state index contributed by atoms with van der Waals surface area (Å²) in [5.41, 5.74) is 5.60. The number of nitrogens with one attached hydrogen (secondary N) is 1. The van der Waals surface area contributed by atoms with Crippen molar-refractivity contribution >= 4 is 18.0 Å². The molecule has 3 rings (SSSR count). The van der Waals surface area contributed by atoms with Gasteiger partial charge in [-0.05, 0) is 65.6 Å². The van der Waals surface area contributed by atoms with Gasteiger partial charge >= 0.3 is 0 Å². The predicted molar refractivity (Wildman–Crippen MR) is 122 cm³/mol. The van der Waals surface area contributed by atoms with Crippen LogP contribution in [0.4, 0.5) is 0 Å². The van der Waals surface area contributed by atoms with Gasteiger partial charge in [-0.2, -0.15) is 0 Å². The molecular formula is C25H40ClN. The van der Waals surface area contributed by atoms with Crippen LogP contribution in [0.3, 0.4) is 0 Å². The quantitative estimate of drug-likeness (QED) is 0.554. The molecule has 1 aromatic carbocycles. The summed E-state index contributed by atoms with van der Waals surface area (Å²) in [5, 5.41) is 3.70. The zero-order valence-electron chi connectivity index (χ0n) is 18.1. The Morgan fingerprint density at radius 2 is 1.70 bits per heavy atom. The molecule has 0 aromatic heterocycles. The van der Waals surface area contributed by atoms with E-state index in [0.717, 1.165) is 6.54 Å². The maximum absolute atomic E-state index is 3.70. The summed E-state index contributed by atoms with van der Waals surface area (Å²) in [7, 11) is 0. The third-order valence-electron chi connectivity index (χ3n) is 6.43. The van der Waals surface area contributed by atoms with Crippen molar-refractivity contribution in [1.29, 1.82) is 0 Å². The molecule has 1 heterocycles. The average molecular weight is 390 g/mol. The second-order valence-corrected chi connectivity index (χ2v) is 10.4. The Kier molecular flexibility index (Phi) is 7.62. The van der Waals surface area contributed by atoms with Gasteiger partial charge in [-0.15, -0.1) is 12.4 Å². The molecule has 1 unspecified atom stereocenters. The second kappa shape index (κ2) is 9.14. The number of hydrogen-bond acceptors (Lipinski definition) is 1. The summed E-state index contributed by atoms with van der Waals surface area (Å²) >= 11 is 0. The van der Waals surface area contributed by atoms with E-state index in [-0.39, 0.29) is 12.4 Å². The minimum absolute atomic E-state index is 0. The van der Waals surface area contributed by atoms with Crippen LogP contribution in [0.5, 0.6) is 0 Å². The van der Waals surface area contributed by atoms with E-state index in [9.17, 15) is 0 Å². The second-order valence-electron chi connectivity index (χ2n) is 10.4. The summed E-state index contributed by atoms with van der Waals surface area (Å²) in [4.78, 5) is 0. The molecule has 0 bridgehead atoms. The van der Waals surface area contributed by atoms with Crippen molar-refractivity contribution in [3.63, 3.8) is 0 Å². The first-order valence-corrected chi connectivity index (χ1v) is 10.8. The van der Waals surface area contributed by atoms with E-state index in [4.69, 9.17) is 0 Å². The van der Waals surface area contributed by atoms with Gasteiger partial charge < -0.3 is 5.32 Å². The van der Waals surface area contributed by atoms with Crippen LogP contribution in [0.25, 0.3) is 5.57 Å². The highest BCUT2D eigenvalue weighted by Crippen LogP contribution is 2.52. The van der Waals surface area contributed by atoms with Crippen LogP contribution in [-0.4, -0.2) is 12.6 Å². The highest BCUT2D eigenvalue weighted by molar-refractivity contribution is 5.85. The summed E-state index contributed by atoms with van der Waals surface area (Å²) in [6.07, 6.45) is 11.5. The van der Waals surface area contributed by atoms with E-state index in [1.54, 1.807) is 11.1 Å². The van der Waals surface area contributed by atoms with Crippen molar-refractivity contribution in [3.8, 4) is 0 Å². The van der Waals surface area contributed by atoms with Gasteiger partial charge in [0.1, 0.15) is 0 Å². The van der Waals surface area contributed by atoms with Gasteiger partial charge in [0.05, 0.1) is 0 Å². The Balaban J connectivity index is 0.00000261. The number of rotatable bonds is 5. The molecule has 2 aliphatic rings. The minimum atomic E-state index is 0. The molecule has 0 amide bonds. The van der Waals surface area contributed by atoms with Crippen molar-refractivity contribution in [2.75, 3.05) is 6.54 Å². The van der Waals surface area contributed by atoms with Crippen LogP contribution < -0.4 is 5.32 Å². The Morgan fingerprint density at radius 1 is 1.04 bits per heavy atom. The van der Waals surface area contributed by atoms with Gasteiger partial charge in [0.25, 0.3) is 0 Å². The third-order valence-corrected chi connectivity index (χ3v) is 6.43. The van der Waals surface area contributed by atoms with Crippen LogP contribution in [0, 0.1) is 10.8 Å². The van der Waals surface area contributed by atoms with E-state index >= 15 is 0 Å². The molecule has 1 atom stereocenters. The highest BCUT2D eigenvalue weighted by atomic mass is 35.5. The molecule has 1 N–H and O–H groups in total. The molecule has 1 aliphatic heterocycles. The highest BCUT2D eigenvalue weighted by Gasteiger charge is 2.39. The molecular weight excluding hydrogens is 350 g/mol. The summed E-state index contributed by atoms with van der Waals surface area (Å²) < 4.78 is 0. The third kappa shape index (κ3) is 5.84. The first-order chi connectivity index (χ1) is 12.3. The molecule has 0 saturated heterocycles. The monoisotopic (exact) mass is 389 g/mol. The number of halogens is 1. The molecule has 1 nitrogen and oxygen atoms in total. The number of unbranched alkanes of at least 4 members (excludes halogenated alkanes) is 1. The fourth-order valence-electron chi connectivity index (χ4n) is 5.86. The van der Waals surface area contributed by atoms with Gasteiger partial charge in [-0.3, -0.25) is 0 Å². The molecule has 1 saturated carbocycles. The largest absolute Gasteiger partial charge is 0.310 e. The lowest BCUT2D eigenvalue weighted by molar-refractivity contribution is 0.0968. The Bertz CT molecular complexity index is 627. The maximum Gasteiger partial charge on any atom is 0.0143 e. The van der Waals surface area contributed by atoms with Gasteiger partial charge in [-0.25, -0.2) is 0 Å².